The van der Waals surface area contributed by atoms with Gasteiger partial charge >= 0.3 is 6.18 Å². The molecule has 7 heteroatoms. The summed E-state index contributed by atoms with van der Waals surface area (Å²) in [4.78, 5) is 8.15. The smallest absolute Gasteiger partial charge is 0.302 e. The first-order chi connectivity index (χ1) is 10.5. The fraction of sp³-hybridized carbons (Fsp3) is 0.333. The average molecular weight is 327 g/mol. The van der Waals surface area contributed by atoms with Crippen LogP contribution in [-0.4, -0.2) is 34.6 Å². The van der Waals surface area contributed by atoms with Crippen molar-refractivity contribution in [3.63, 3.8) is 0 Å². The second-order valence-electron chi connectivity index (χ2n) is 4.51. The Balaban J connectivity index is 2.42. The van der Waals surface area contributed by atoms with Gasteiger partial charge in [0.25, 0.3) is 0 Å². The van der Waals surface area contributed by atoms with Gasteiger partial charge < -0.3 is 4.40 Å². The van der Waals surface area contributed by atoms with E-state index in [9.17, 15) is 13.2 Å². The zero-order valence-corrected chi connectivity index (χ0v) is 13.1. The minimum Gasteiger partial charge on any atom is -0.302 e. The fourth-order valence-corrected chi connectivity index (χ4v) is 2.59. The van der Waals surface area contributed by atoms with Crippen LogP contribution in [-0.2, 0) is 6.42 Å². The molecule has 0 radical (unpaired) electrons. The molecule has 2 rings (SSSR count). The van der Waals surface area contributed by atoms with E-state index in [4.69, 9.17) is 0 Å². The van der Waals surface area contributed by atoms with E-state index in [1.165, 1.54) is 18.0 Å². The Morgan fingerprint density at radius 2 is 2.18 bits per heavy atom. The number of allylic oxidation sites excluding steroid dienone is 2. The van der Waals surface area contributed by atoms with Gasteiger partial charge in [0, 0.05) is 31.0 Å². The molecule has 0 atom stereocenters. The number of halogens is 3. The van der Waals surface area contributed by atoms with E-state index in [0.717, 1.165) is 16.6 Å². The summed E-state index contributed by atoms with van der Waals surface area (Å²) in [5, 5.41) is 0.722. The number of alkyl halides is 3. The van der Waals surface area contributed by atoms with Crippen LogP contribution >= 0.6 is 11.8 Å². The zero-order chi connectivity index (χ0) is 16.2. The Morgan fingerprint density at radius 3 is 2.82 bits per heavy atom. The normalized spacial score (nSPS) is 13.4. The summed E-state index contributed by atoms with van der Waals surface area (Å²) >= 11 is 1.42. The molecule has 0 amide bonds. The monoisotopic (exact) mass is 327 g/mol. The lowest BCUT2D eigenvalue weighted by Crippen LogP contribution is -2.15. The molecule has 2 aromatic heterocycles. The maximum Gasteiger partial charge on any atom is 0.413 e. The van der Waals surface area contributed by atoms with Crippen LogP contribution in [0.4, 0.5) is 13.2 Å². The summed E-state index contributed by atoms with van der Waals surface area (Å²) in [6.07, 6.45) is 1.12. The Labute approximate surface area is 131 Å². The molecule has 0 unspecified atom stereocenters. The highest BCUT2D eigenvalue weighted by atomic mass is 32.2. The van der Waals surface area contributed by atoms with Gasteiger partial charge in [0.15, 0.2) is 0 Å². The van der Waals surface area contributed by atoms with Crippen molar-refractivity contribution >= 4 is 23.5 Å². The lowest BCUT2D eigenvalue weighted by atomic mass is 10.1. The maximum absolute atomic E-state index is 13.1. The number of imidazole rings is 1. The second kappa shape index (κ2) is 7.00. The number of pyridine rings is 1. The lowest BCUT2D eigenvalue weighted by Gasteiger charge is -2.10. The predicted octanol–water partition coefficient (Wildman–Crippen LogP) is 4.18. The molecule has 0 aliphatic rings. The summed E-state index contributed by atoms with van der Waals surface area (Å²) < 4.78 is 41.1. The highest BCUT2D eigenvalue weighted by Gasteiger charge is 2.34. The number of aliphatic imine (C=N–C) groups is 1. The quantitative estimate of drug-likeness (QED) is 0.609. The van der Waals surface area contributed by atoms with Crippen molar-refractivity contribution in [3.05, 3.63) is 41.9 Å². The maximum atomic E-state index is 13.1. The number of hydrogen-bond donors (Lipinski definition) is 0. The SMILES string of the molecule is CCN=C/C=C(\Cc1nc(SC)c2ccccn12)C(F)(F)F. The number of aromatic nitrogens is 2. The minimum absolute atomic E-state index is 0.287. The van der Waals surface area contributed by atoms with Crippen LogP contribution < -0.4 is 0 Å². The minimum atomic E-state index is -4.40. The van der Waals surface area contributed by atoms with Crippen molar-refractivity contribution in [2.45, 2.75) is 24.5 Å². The van der Waals surface area contributed by atoms with Crippen molar-refractivity contribution in [1.29, 1.82) is 0 Å². The van der Waals surface area contributed by atoms with E-state index >= 15 is 0 Å². The fourth-order valence-electron chi connectivity index (χ4n) is 2.02. The van der Waals surface area contributed by atoms with Gasteiger partial charge in [-0.25, -0.2) is 4.98 Å². The van der Waals surface area contributed by atoms with Gasteiger partial charge in [-0.1, -0.05) is 6.07 Å². The van der Waals surface area contributed by atoms with Crippen LogP contribution in [0.3, 0.4) is 0 Å². The number of fused-ring (bicyclic) bond motifs is 1. The highest BCUT2D eigenvalue weighted by Crippen LogP contribution is 2.30. The molecular weight excluding hydrogens is 311 g/mol. The van der Waals surface area contributed by atoms with Crippen LogP contribution in [0.1, 0.15) is 12.7 Å². The molecule has 2 heterocycles. The summed E-state index contributed by atoms with van der Waals surface area (Å²) in [5.74, 6) is 0.369. The third-order valence-electron chi connectivity index (χ3n) is 3.06. The van der Waals surface area contributed by atoms with Crippen molar-refractivity contribution < 1.29 is 13.2 Å². The summed E-state index contributed by atoms with van der Waals surface area (Å²) in [5.41, 5.74) is 0.154. The number of nitrogens with zero attached hydrogens (tertiary/aromatic N) is 3. The number of hydrogen-bond acceptors (Lipinski definition) is 3. The Hall–Kier alpha value is -1.76. The Morgan fingerprint density at radius 1 is 1.41 bits per heavy atom. The molecule has 2 aromatic rings. The van der Waals surface area contributed by atoms with Crippen molar-refractivity contribution in [1.82, 2.24) is 9.38 Å². The van der Waals surface area contributed by atoms with Gasteiger partial charge in [-0.05, 0) is 31.4 Å². The third-order valence-corrected chi connectivity index (χ3v) is 3.74. The van der Waals surface area contributed by atoms with Crippen LogP contribution in [0.15, 0.2) is 46.1 Å². The second-order valence-corrected chi connectivity index (χ2v) is 5.30. The van der Waals surface area contributed by atoms with Gasteiger partial charge in [0.2, 0.25) is 0 Å². The molecule has 0 saturated carbocycles. The first kappa shape index (κ1) is 16.6. The van der Waals surface area contributed by atoms with Crippen LogP contribution in [0.5, 0.6) is 0 Å². The lowest BCUT2D eigenvalue weighted by molar-refractivity contribution is -0.0932. The van der Waals surface area contributed by atoms with E-state index in [-0.39, 0.29) is 6.42 Å². The highest BCUT2D eigenvalue weighted by molar-refractivity contribution is 7.98. The first-order valence-electron chi connectivity index (χ1n) is 6.73. The standard InChI is InChI=1S/C15H16F3N3S/c1-3-19-8-7-11(15(16,17)18)10-13-20-14(22-2)12-6-4-5-9-21(12)13/h4-9H,3,10H2,1-2H3/b11-7+,19-8?. The molecule has 118 valence electrons. The molecule has 0 aliphatic heterocycles. The van der Waals surface area contributed by atoms with Crippen molar-refractivity contribution in [2.75, 3.05) is 12.8 Å². The zero-order valence-electron chi connectivity index (χ0n) is 12.3. The molecule has 0 N–H and O–H groups in total. The van der Waals surface area contributed by atoms with E-state index in [0.29, 0.717) is 12.4 Å². The summed E-state index contributed by atoms with van der Waals surface area (Å²) in [6.45, 7) is 2.22. The summed E-state index contributed by atoms with van der Waals surface area (Å²) in [7, 11) is 0. The summed E-state index contributed by atoms with van der Waals surface area (Å²) in [6, 6.07) is 5.46. The van der Waals surface area contributed by atoms with E-state index in [1.807, 2.05) is 18.4 Å². The average Bonchev–Trinajstić information content (AvgIpc) is 2.84. The Kier molecular flexibility index (Phi) is 5.28. The van der Waals surface area contributed by atoms with Gasteiger partial charge in [-0.3, -0.25) is 4.99 Å². The van der Waals surface area contributed by atoms with Gasteiger partial charge in [-0.15, -0.1) is 11.8 Å². The topological polar surface area (TPSA) is 29.7 Å². The molecular formula is C15H16F3N3S. The molecule has 0 bridgehead atoms. The molecule has 0 fully saturated rings. The Bertz CT molecular complexity index is 702. The van der Waals surface area contributed by atoms with Gasteiger partial charge in [0.1, 0.15) is 10.9 Å². The number of thioether (sulfide) groups is 1. The molecule has 3 nitrogen and oxygen atoms in total. The molecule has 0 aliphatic carbocycles. The van der Waals surface area contributed by atoms with Crippen molar-refractivity contribution in [2.24, 2.45) is 4.99 Å². The van der Waals surface area contributed by atoms with Crippen molar-refractivity contribution in [3.8, 4) is 0 Å². The van der Waals surface area contributed by atoms with Gasteiger partial charge in [0.05, 0.1) is 5.52 Å². The number of rotatable bonds is 5. The van der Waals surface area contributed by atoms with E-state index in [1.54, 1.807) is 23.6 Å². The van der Waals surface area contributed by atoms with Crippen LogP contribution in [0, 0.1) is 0 Å². The van der Waals surface area contributed by atoms with E-state index < -0.39 is 11.7 Å². The van der Waals surface area contributed by atoms with Crippen LogP contribution in [0.2, 0.25) is 0 Å². The predicted molar refractivity (Wildman–Crippen MR) is 83.8 cm³/mol. The first-order valence-corrected chi connectivity index (χ1v) is 7.96. The van der Waals surface area contributed by atoms with E-state index in [2.05, 4.69) is 9.98 Å². The third kappa shape index (κ3) is 3.71. The van der Waals surface area contributed by atoms with Crippen LogP contribution in [0.25, 0.3) is 5.52 Å². The molecule has 22 heavy (non-hydrogen) atoms. The largest absolute Gasteiger partial charge is 0.413 e. The van der Waals surface area contributed by atoms with Gasteiger partial charge in [-0.2, -0.15) is 13.2 Å². The molecule has 0 spiro atoms. The molecule has 0 aromatic carbocycles. The molecule has 0 saturated heterocycles.